The third-order valence-corrected chi connectivity index (χ3v) is 4.64. The minimum Gasteiger partial charge on any atom is -0.344 e. The highest BCUT2D eigenvalue weighted by molar-refractivity contribution is 7.98. The van der Waals surface area contributed by atoms with Crippen molar-refractivity contribution in [1.29, 1.82) is 0 Å². The van der Waals surface area contributed by atoms with E-state index in [1.54, 1.807) is 28.6 Å². The van der Waals surface area contributed by atoms with Crippen LogP contribution in [0.1, 0.15) is 6.42 Å². The number of thioether (sulfide) groups is 1. The van der Waals surface area contributed by atoms with Gasteiger partial charge < -0.3 is 15.1 Å². The Morgan fingerprint density at radius 1 is 1.48 bits per heavy atom. The number of hydrogen-bond donors (Lipinski definition) is 1. The number of nitrogens with zero attached hydrogens (tertiary/aromatic N) is 2. The van der Waals surface area contributed by atoms with E-state index in [4.69, 9.17) is 0 Å². The third-order valence-electron chi connectivity index (χ3n) is 3.91. The first kappa shape index (κ1) is 19.8. The Kier molecular flexibility index (Phi) is 7.88. The van der Waals surface area contributed by atoms with Gasteiger partial charge in [0.25, 0.3) is 0 Å². The summed E-state index contributed by atoms with van der Waals surface area (Å²) in [5, 5.41) is 3.03. The molecule has 2 rings (SSSR count). The summed E-state index contributed by atoms with van der Waals surface area (Å²) in [5.41, 5.74) is 0.880. The molecular weight excluding hydrogens is 334 g/mol. The first-order valence-corrected chi connectivity index (χ1v) is 8.63. The first-order valence-electron chi connectivity index (χ1n) is 7.40. The predicted molar refractivity (Wildman–Crippen MR) is 97.5 cm³/mol. The number of anilines is 1. The van der Waals surface area contributed by atoms with E-state index in [0.29, 0.717) is 19.5 Å². The normalized spacial score (nSPS) is 17.1. The highest BCUT2D eigenvalue weighted by Crippen LogP contribution is 2.28. The Morgan fingerprint density at radius 2 is 2.22 bits per heavy atom. The van der Waals surface area contributed by atoms with Crippen molar-refractivity contribution in [2.24, 2.45) is 5.92 Å². The van der Waals surface area contributed by atoms with Crippen LogP contribution in [0.2, 0.25) is 0 Å². The third kappa shape index (κ3) is 4.86. The van der Waals surface area contributed by atoms with Crippen molar-refractivity contribution in [1.82, 2.24) is 10.2 Å². The smallest absolute Gasteiger partial charge is 0.227 e. The summed E-state index contributed by atoms with van der Waals surface area (Å²) in [6, 6.07) is 7.89. The molecule has 7 heteroatoms. The Balaban J connectivity index is 0.00000264. The van der Waals surface area contributed by atoms with Crippen LogP contribution in [-0.2, 0) is 9.59 Å². The number of nitrogens with one attached hydrogen (secondary N) is 1. The largest absolute Gasteiger partial charge is 0.344 e. The van der Waals surface area contributed by atoms with Crippen LogP contribution in [0.5, 0.6) is 0 Å². The Bertz CT molecular complexity index is 556. The summed E-state index contributed by atoms with van der Waals surface area (Å²) in [7, 11) is 3.65. The van der Waals surface area contributed by atoms with Crippen molar-refractivity contribution < 1.29 is 9.59 Å². The molecule has 2 amide bonds. The predicted octanol–water partition coefficient (Wildman–Crippen LogP) is 1.86. The summed E-state index contributed by atoms with van der Waals surface area (Å²) in [6.45, 7) is 1.88. The number of rotatable bonds is 6. The summed E-state index contributed by atoms with van der Waals surface area (Å²) < 4.78 is 0. The van der Waals surface area contributed by atoms with Crippen LogP contribution in [0.4, 0.5) is 5.69 Å². The fraction of sp³-hybridized carbons (Fsp3) is 0.500. The van der Waals surface area contributed by atoms with Crippen LogP contribution in [0.25, 0.3) is 0 Å². The molecule has 0 radical (unpaired) electrons. The summed E-state index contributed by atoms with van der Waals surface area (Å²) >= 11 is 1.64. The second-order valence-corrected chi connectivity index (χ2v) is 6.35. The van der Waals surface area contributed by atoms with Crippen LogP contribution >= 0.6 is 24.2 Å². The molecule has 0 spiro atoms. The van der Waals surface area contributed by atoms with Crippen molar-refractivity contribution >= 4 is 41.7 Å². The zero-order chi connectivity index (χ0) is 16.1. The van der Waals surface area contributed by atoms with Gasteiger partial charge in [-0.3, -0.25) is 9.59 Å². The maximum Gasteiger partial charge on any atom is 0.227 e. The van der Waals surface area contributed by atoms with Gasteiger partial charge in [0.1, 0.15) is 0 Å². The quantitative estimate of drug-likeness (QED) is 0.789. The van der Waals surface area contributed by atoms with Crippen molar-refractivity contribution in [3.63, 3.8) is 0 Å². The molecule has 0 bridgehead atoms. The van der Waals surface area contributed by atoms with E-state index < -0.39 is 0 Å². The minimum absolute atomic E-state index is 0. The maximum absolute atomic E-state index is 12.4. The van der Waals surface area contributed by atoms with Gasteiger partial charge in [0, 0.05) is 43.7 Å². The lowest BCUT2D eigenvalue weighted by Crippen LogP contribution is -2.38. The summed E-state index contributed by atoms with van der Waals surface area (Å²) in [4.78, 5) is 29.2. The zero-order valence-corrected chi connectivity index (χ0v) is 15.4. The SMILES string of the molecule is CNCCN(C)C(=O)C1CC(=O)N(c2cccc(SC)c2)C1.Cl. The molecule has 1 unspecified atom stereocenters. The van der Waals surface area contributed by atoms with Crippen LogP contribution in [0.15, 0.2) is 29.2 Å². The van der Waals surface area contributed by atoms with E-state index in [0.717, 1.165) is 17.1 Å². The molecule has 1 fully saturated rings. The molecule has 5 nitrogen and oxygen atoms in total. The molecule has 1 atom stereocenters. The molecule has 128 valence electrons. The fourth-order valence-corrected chi connectivity index (χ4v) is 3.06. The van der Waals surface area contributed by atoms with Gasteiger partial charge in [0.15, 0.2) is 0 Å². The van der Waals surface area contributed by atoms with Crippen LogP contribution in [0, 0.1) is 5.92 Å². The molecule has 1 N–H and O–H groups in total. The van der Waals surface area contributed by atoms with Crippen LogP contribution < -0.4 is 10.2 Å². The van der Waals surface area contributed by atoms with Gasteiger partial charge in [-0.15, -0.1) is 24.2 Å². The lowest BCUT2D eigenvalue weighted by molar-refractivity contribution is -0.134. The van der Waals surface area contributed by atoms with Gasteiger partial charge in [-0.05, 0) is 31.5 Å². The van der Waals surface area contributed by atoms with Gasteiger partial charge in [-0.1, -0.05) is 6.07 Å². The number of benzene rings is 1. The average molecular weight is 358 g/mol. The molecule has 1 aromatic carbocycles. The molecule has 1 saturated heterocycles. The highest BCUT2D eigenvalue weighted by atomic mass is 35.5. The number of carbonyl (C=O) groups excluding carboxylic acids is 2. The molecular formula is C16H24ClN3O2S. The van der Waals surface area contributed by atoms with Gasteiger partial charge in [0.2, 0.25) is 11.8 Å². The monoisotopic (exact) mass is 357 g/mol. The fourth-order valence-electron chi connectivity index (χ4n) is 2.60. The lowest BCUT2D eigenvalue weighted by atomic mass is 10.1. The molecule has 1 aliphatic heterocycles. The van der Waals surface area contributed by atoms with Gasteiger partial charge in [0.05, 0.1) is 5.92 Å². The topological polar surface area (TPSA) is 52.7 Å². The molecule has 1 heterocycles. The number of hydrogen-bond acceptors (Lipinski definition) is 4. The number of halogens is 1. The lowest BCUT2D eigenvalue weighted by Gasteiger charge is -2.21. The van der Waals surface area contributed by atoms with Crippen LogP contribution in [-0.4, -0.2) is 56.7 Å². The first-order chi connectivity index (χ1) is 10.6. The van der Waals surface area contributed by atoms with Gasteiger partial charge in [-0.25, -0.2) is 0 Å². The standard InChI is InChI=1S/C16H23N3O2S.ClH/c1-17-7-8-18(2)16(21)12-9-15(20)19(11-12)13-5-4-6-14(10-13)22-3;/h4-6,10,12,17H,7-9,11H2,1-3H3;1H. The van der Waals surface area contributed by atoms with Crippen molar-refractivity contribution in [3.05, 3.63) is 24.3 Å². The molecule has 23 heavy (non-hydrogen) atoms. The Labute approximate surface area is 148 Å². The van der Waals surface area contributed by atoms with E-state index in [9.17, 15) is 9.59 Å². The van der Waals surface area contributed by atoms with Crippen LogP contribution in [0.3, 0.4) is 0 Å². The molecule has 0 saturated carbocycles. The highest BCUT2D eigenvalue weighted by Gasteiger charge is 2.36. The van der Waals surface area contributed by atoms with Crippen molar-refractivity contribution in [2.75, 3.05) is 44.9 Å². The molecule has 0 aromatic heterocycles. The van der Waals surface area contributed by atoms with E-state index in [1.807, 2.05) is 37.6 Å². The van der Waals surface area contributed by atoms with E-state index in [1.165, 1.54) is 0 Å². The maximum atomic E-state index is 12.4. The average Bonchev–Trinajstić information content (AvgIpc) is 2.93. The van der Waals surface area contributed by atoms with Gasteiger partial charge >= 0.3 is 0 Å². The Morgan fingerprint density at radius 3 is 2.87 bits per heavy atom. The van der Waals surface area contributed by atoms with E-state index in [2.05, 4.69) is 5.32 Å². The van der Waals surface area contributed by atoms with Crippen molar-refractivity contribution in [3.8, 4) is 0 Å². The number of carbonyl (C=O) groups is 2. The second-order valence-electron chi connectivity index (χ2n) is 5.47. The van der Waals surface area contributed by atoms with Crippen molar-refractivity contribution in [2.45, 2.75) is 11.3 Å². The van der Waals surface area contributed by atoms with E-state index in [-0.39, 0.29) is 30.1 Å². The summed E-state index contributed by atoms with van der Waals surface area (Å²) in [5.74, 6) is -0.168. The second kappa shape index (κ2) is 9.15. The Hall–Kier alpha value is -1.24. The number of amides is 2. The number of likely N-dealkylation sites (N-methyl/N-ethyl adjacent to an activating group) is 2. The van der Waals surface area contributed by atoms with E-state index >= 15 is 0 Å². The molecule has 0 aliphatic carbocycles. The van der Waals surface area contributed by atoms with Gasteiger partial charge in [-0.2, -0.15) is 0 Å². The molecule has 1 aliphatic rings. The zero-order valence-electron chi connectivity index (χ0n) is 13.7. The minimum atomic E-state index is -0.243. The molecule has 1 aromatic rings. The summed E-state index contributed by atoms with van der Waals surface area (Å²) in [6.07, 6.45) is 2.31.